The molecule has 0 N–H and O–H groups in total. The van der Waals surface area contributed by atoms with Gasteiger partial charge in [0.15, 0.2) is 0 Å². The van der Waals surface area contributed by atoms with Crippen molar-refractivity contribution in [3.63, 3.8) is 0 Å². The standard InChI is InChI=1S/C13H14O2/c1-15-13(14)12-7-5-11(6-8-12)9-10-3-2-4-10/h5-9H,2-4H2,1H3. The topological polar surface area (TPSA) is 26.3 Å². The molecule has 0 bridgehead atoms. The number of hydrogen-bond acceptors (Lipinski definition) is 2. The van der Waals surface area contributed by atoms with Crippen LogP contribution in [0.3, 0.4) is 0 Å². The summed E-state index contributed by atoms with van der Waals surface area (Å²) in [6.07, 6.45) is 5.95. The molecule has 2 nitrogen and oxygen atoms in total. The van der Waals surface area contributed by atoms with Crippen molar-refractivity contribution in [3.05, 3.63) is 41.0 Å². The summed E-state index contributed by atoms with van der Waals surface area (Å²) >= 11 is 0. The van der Waals surface area contributed by atoms with E-state index in [1.54, 1.807) is 12.1 Å². The van der Waals surface area contributed by atoms with E-state index in [4.69, 9.17) is 0 Å². The highest BCUT2D eigenvalue weighted by Gasteiger charge is 2.08. The third kappa shape index (κ3) is 2.27. The van der Waals surface area contributed by atoms with Crippen molar-refractivity contribution in [1.29, 1.82) is 0 Å². The van der Waals surface area contributed by atoms with Crippen LogP contribution in [0.5, 0.6) is 0 Å². The molecule has 1 fully saturated rings. The molecule has 0 saturated heterocycles. The molecule has 0 heterocycles. The average molecular weight is 202 g/mol. The zero-order valence-electron chi connectivity index (χ0n) is 8.82. The molecular formula is C13H14O2. The summed E-state index contributed by atoms with van der Waals surface area (Å²) < 4.78 is 4.64. The minimum Gasteiger partial charge on any atom is -0.465 e. The van der Waals surface area contributed by atoms with Crippen molar-refractivity contribution in [2.45, 2.75) is 19.3 Å². The number of rotatable bonds is 2. The number of hydrogen-bond donors (Lipinski definition) is 0. The number of methoxy groups -OCH3 is 1. The van der Waals surface area contributed by atoms with E-state index in [2.05, 4.69) is 10.8 Å². The summed E-state index contributed by atoms with van der Waals surface area (Å²) in [5, 5.41) is 0. The fraction of sp³-hybridized carbons (Fsp3) is 0.308. The molecule has 78 valence electrons. The lowest BCUT2D eigenvalue weighted by Crippen LogP contribution is -2.00. The molecule has 15 heavy (non-hydrogen) atoms. The van der Waals surface area contributed by atoms with Gasteiger partial charge in [-0.2, -0.15) is 0 Å². The van der Waals surface area contributed by atoms with Gasteiger partial charge >= 0.3 is 5.97 Å². The number of allylic oxidation sites excluding steroid dienone is 1. The van der Waals surface area contributed by atoms with Crippen LogP contribution in [-0.4, -0.2) is 13.1 Å². The van der Waals surface area contributed by atoms with Gasteiger partial charge in [0.2, 0.25) is 0 Å². The van der Waals surface area contributed by atoms with Crippen molar-refractivity contribution < 1.29 is 9.53 Å². The zero-order chi connectivity index (χ0) is 10.7. The van der Waals surface area contributed by atoms with Gasteiger partial charge in [0, 0.05) is 0 Å². The Bertz CT molecular complexity index is 382. The lowest BCUT2D eigenvalue weighted by Gasteiger charge is -2.15. The first kappa shape index (κ1) is 9.97. The zero-order valence-corrected chi connectivity index (χ0v) is 8.82. The fourth-order valence-electron chi connectivity index (χ4n) is 1.59. The minimum absolute atomic E-state index is 0.280. The molecule has 0 aromatic heterocycles. The van der Waals surface area contributed by atoms with Crippen LogP contribution in [0.1, 0.15) is 35.2 Å². The van der Waals surface area contributed by atoms with Gasteiger partial charge in [0.1, 0.15) is 0 Å². The minimum atomic E-state index is -0.280. The summed E-state index contributed by atoms with van der Waals surface area (Å²) in [6, 6.07) is 7.52. The SMILES string of the molecule is COC(=O)c1ccc(C=C2CCC2)cc1. The lowest BCUT2D eigenvalue weighted by atomic mass is 9.90. The summed E-state index contributed by atoms with van der Waals surface area (Å²) in [4.78, 5) is 11.2. The number of benzene rings is 1. The Kier molecular flexibility index (Phi) is 2.86. The molecule has 0 radical (unpaired) electrons. The number of carbonyl (C=O) groups is 1. The third-order valence-electron chi connectivity index (χ3n) is 2.70. The van der Waals surface area contributed by atoms with Crippen molar-refractivity contribution in [2.75, 3.05) is 7.11 Å². The van der Waals surface area contributed by atoms with Crippen LogP contribution in [0.4, 0.5) is 0 Å². The van der Waals surface area contributed by atoms with Crippen LogP contribution in [-0.2, 0) is 4.74 Å². The Morgan fingerprint density at radius 2 is 1.93 bits per heavy atom. The predicted octanol–water partition coefficient (Wildman–Crippen LogP) is 3.04. The van der Waals surface area contributed by atoms with E-state index in [1.165, 1.54) is 31.9 Å². The van der Waals surface area contributed by atoms with Gasteiger partial charge in [-0.3, -0.25) is 0 Å². The molecule has 1 aliphatic carbocycles. The smallest absolute Gasteiger partial charge is 0.337 e. The van der Waals surface area contributed by atoms with E-state index in [-0.39, 0.29) is 5.97 Å². The lowest BCUT2D eigenvalue weighted by molar-refractivity contribution is 0.0601. The molecule has 2 heteroatoms. The average Bonchev–Trinajstić information content (AvgIpc) is 2.23. The summed E-state index contributed by atoms with van der Waals surface area (Å²) in [7, 11) is 1.40. The summed E-state index contributed by atoms with van der Waals surface area (Å²) in [5.74, 6) is -0.280. The highest BCUT2D eigenvalue weighted by Crippen LogP contribution is 2.27. The molecule has 0 amide bonds. The maximum Gasteiger partial charge on any atom is 0.337 e. The largest absolute Gasteiger partial charge is 0.465 e. The molecule has 1 aromatic rings. The molecule has 2 rings (SSSR count). The predicted molar refractivity (Wildman–Crippen MR) is 59.6 cm³/mol. The molecule has 0 aliphatic heterocycles. The first-order valence-electron chi connectivity index (χ1n) is 5.17. The van der Waals surface area contributed by atoms with Crippen molar-refractivity contribution in [1.82, 2.24) is 0 Å². The van der Waals surface area contributed by atoms with Gasteiger partial charge < -0.3 is 4.74 Å². The van der Waals surface area contributed by atoms with Gasteiger partial charge in [-0.1, -0.05) is 23.8 Å². The van der Waals surface area contributed by atoms with Gasteiger partial charge in [-0.15, -0.1) is 0 Å². The molecular weight excluding hydrogens is 188 g/mol. The van der Waals surface area contributed by atoms with E-state index in [1.807, 2.05) is 12.1 Å². The monoisotopic (exact) mass is 202 g/mol. The Balaban J connectivity index is 2.13. The normalized spacial score (nSPS) is 14.3. The van der Waals surface area contributed by atoms with E-state index in [0.29, 0.717) is 5.56 Å². The van der Waals surface area contributed by atoms with Gasteiger partial charge in [-0.05, 0) is 37.0 Å². The Morgan fingerprint density at radius 1 is 1.27 bits per heavy atom. The quantitative estimate of drug-likeness (QED) is 0.689. The molecule has 0 spiro atoms. The Hall–Kier alpha value is -1.57. The third-order valence-corrected chi connectivity index (χ3v) is 2.70. The van der Waals surface area contributed by atoms with Crippen molar-refractivity contribution in [2.24, 2.45) is 0 Å². The fourth-order valence-corrected chi connectivity index (χ4v) is 1.59. The summed E-state index contributed by atoms with van der Waals surface area (Å²) in [6.45, 7) is 0. The summed E-state index contributed by atoms with van der Waals surface area (Å²) in [5.41, 5.74) is 3.27. The number of carbonyl (C=O) groups excluding carboxylic acids is 1. The van der Waals surface area contributed by atoms with Crippen LogP contribution in [0.15, 0.2) is 29.8 Å². The van der Waals surface area contributed by atoms with Gasteiger partial charge in [-0.25, -0.2) is 4.79 Å². The van der Waals surface area contributed by atoms with E-state index in [9.17, 15) is 4.79 Å². The molecule has 1 saturated carbocycles. The molecule has 0 atom stereocenters. The number of esters is 1. The second-order valence-electron chi connectivity index (χ2n) is 3.77. The van der Waals surface area contributed by atoms with Gasteiger partial charge in [0.05, 0.1) is 12.7 Å². The molecule has 0 unspecified atom stereocenters. The molecule has 1 aliphatic rings. The van der Waals surface area contributed by atoms with Crippen LogP contribution in [0.2, 0.25) is 0 Å². The van der Waals surface area contributed by atoms with Crippen LogP contribution >= 0.6 is 0 Å². The van der Waals surface area contributed by atoms with Crippen LogP contribution < -0.4 is 0 Å². The maximum atomic E-state index is 11.2. The van der Waals surface area contributed by atoms with Crippen molar-refractivity contribution in [3.8, 4) is 0 Å². The van der Waals surface area contributed by atoms with Crippen molar-refractivity contribution >= 4 is 12.0 Å². The molecule has 1 aromatic carbocycles. The highest BCUT2D eigenvalue weighted by molar-refractivity contribution is 5.89. The Labute approximate surface area is 89.6 Å². The number of ether oxygens (including phenoxy) is 1. The first-order chi connectivity index (χ1) is 7.29. The van der Waals surface area contributed by atoms with E-state index < -0.39 is 0 Å². The second kappa shape index (κ2) is 4.30. The van der Waals surface area contributed by atoms with Gasteiger partial charge in [0.25, 0.3) is 0 Å². The highest BCUT2D eigenvalue weighted by atomic mass is 16.5. The van der Waals surface area contributed by atoms with E-state index >= 15 is 0 Å². The van der Waals surface area contributed by atoms with Crippen LogP contribution in [0.25, 0.3) is 6.08 Å². The first-order valence-corrected chi connectivity index (χ1v) is 5.17. The van der Waals surface area contributed by atoms with E-state index in [0.717, 1.165) is 5.56 Å². The van der Waals surface area contributed by atoms with Crippen LogP contribution in [0, 0.1) is 0 Å². The Morgan fingerprint density at radius 3 is 2.40 bits per heavy atom. The maximum absolute atomic E-state index is 11.2. The second-order valence-corrected chi connectivity index (χ2v) is 3.77.